The lowest BCUT2D eigenvalue weighted by Crippen LogP contribution is -2.30. The van der Waals surface area contributed by atoms with Crippen molar-refractivity contribution in [1.29, 1.82) is 0 Å². The summed E-state index contributed by atoms with van der Waals surface area (Å²) in [6.45, 7) is 4.91. The van der Waals surface area contributed by atoms with Crippen molar-refractivity contribution in [3.05, 3.63) is 34.9 Å². The molecule has 1 aliphatic heterocycles. The van der Waals surface area contributed by atoms with Gasteiger partial charge in [-0.1, -0.05) is 25.8 Å². The molecule has 0 amide bonds. The number of aromatic nitrogens is 4. The van der Waals surface area contributed by atoms with E-state index in [1.165, 1.54) is 18.4 Å². The molecule has 28 heavy (non-hydrogen) atoms. The third-order valence-electron chi connectivity index (χ3n) is 4.97. The van der Waals surface area contributed by atoms with Crippen molar-refractivity contribution < 1.29 is 19.4 Å². The monoisotopic (exact) mass is 388 g/mol. The molecule has 8 nitrogen and oxygen atoms in total. The Balaban J connectivity index is 0.000000163. The zero-order valence-corrected chi connectivity index (χ0v) is 16.6. The molecular weight excluding hydrogens is 360 g/mol. The third kappa shape index (κ3) is 4.63. The number of fused-ring (bicyclic) bond motifs is 3. The number of aryl methyl sites for hydroxylation is 2. The minimum Gasteiger partial charge on any atom is -0.340 e. The van der Waals surface area contributed by atoms with E-state index in [0.29, 0.717) is 25.3 Å². The maximum atomic E-state index is 10.6. The van der Waals surface area contributed by atoms with Gasteiger partial charge >= 0.3 is 5.97 Å². The Labute approximate surface area is 164 Å². The van der Waals surface area contributed by atoms with E-state index in [1.54, 1.807) is 4.52 Å². The Kier molecular flexibility index (Phi) is 6.88. The summed E-state index contributed by atoms with van der Waals surface area (Å²) in [5, 5.41) is 13.9. The van der Waals surface area contributed by atoms with Crippen LogP contribution < -0.4 is 0 Å². The molecule has 0 bridgehead atoms. The highest BCUT2D eigenvalue weighted by Gasteiger charge is 2.35. The number of allylic oxidation sites excluding steroid dienone is 1. The minimum atomic E-state index is -1.44. The molecule has 0 unspecified atom stereocenters. The Morgan fingerprint density at radius 2 is 2.07 bits per heavy atom. The first-order valence-corrected chi connectivity index (χ1v) is 9.93. The van der Waals surface area contributed by atoms with Gasteiger partial charge in [0.1, 0.15) is 0 Å². The summed E-state index contributed by atoms with van der Waals surface area (Å²) in [6.07, 6.45) is 12.2. The quantitative estimate of drug-likeness (QED) is 0.477. The number of rotatable bonds is 5. The second-order valence-electron chi connectivity index (χ2n) is 7.05. The summed E-state index contributed by atoms with van der Waals surface area (Å²) in [7, 11) is 0. The van der Waals surface area contributed by atoms with Crippen LogP contribution in [0.2, 0.25) is 0 Å². The molecule has 4 rings (SSSR count). The van der Waals surface area contributed by atoms with E-state index in [1.807, 2.05) is 19.2 Å². The van der Waals surface area contributed by atoms with Gasteiger partial charge in [-0.25, -0.2) is 9.50 Å². The predicted octanol–water partition coefficient (Wildman–Crippen LogP) is 2.63. The Hall–Kier alpha value is -2.16. The fourth-order valence-electron chi connectivity index (χ4n) is 3.34. The van der Waals surface area contributed by atoms with Gasteiger partial charge in [-0.3, -0.25) is 4.79 Å². The summed E-state index contributed by atoms with van der Waals surface area (Å²) in [5.41, 5.74) is 3.15. The smallest absolute Gasteiger partial charge is 0.305 e. The second kappa shape index (κ2) is 9.36. The van der Waals surface area contributed by atoms with Gasteiger partial charge in [-0.2, -0.15) is 4.98 Å². The highest BCUT2D eigenvalue weighted by molar-refractivity contribution is 5.69. The fourth-order valence-corrected chi connectivity index (χ4v) is 3.34. The topological polar surface area (TPSA) is 98.8 Å². The van der Waals surface area contributed by atoms with E-state index in [4.69, 9.17) is 9.47 Å². The van der Waals surface area contributed by atoms with Crippen LogP contribution >= 0.6 is 0 Å². The average Bonchev–Trinajstić information content (AvgIpc) is 3.35. The van der Waals surface area contributed by atoms with Gasteiger partial charge in [0.2, 0.25) is 5.82 Å². The van der Waals surface area contributed by atoms with Crippen LogP contribution in [0.5, 0.6) is 0 Å². The van der Waals surface area contributed by atoms with E-state index in [0.717, 1.165) is 43.4 Å². The molecule has 1 N–H and O–H groups in total. The molecule has 0 saturated carbocycles. The lowest BCUT2D eigenvalue weighted by Gasteiger charge is -2.20. The van der Waals surface area contributed by atoms with Crippen LogP contribution in [-0.4, -0.2) is 50.2 Å². The van der Waals surface area contributed by atoms with Crippen LogP contribution in [0.4, 0.5) is 0 Å². The van der Waals surface area contributed by atoms with E-state index in [-0.39, 0.29) is 5.82 Å². The second-order valence-corrected chi connectivity index (χ2v) is 7.05. The third-order valence-corrected chi connectivity index (χ3v) is 4.97. The molecular formula is C20H28N4O4. The van der Waals surface area contributed by atoms with Crippen molar-refractivity contribution in [2.24, 2.45) is 0 Å². The molecule has 1 fully saturated rings. The molecule has 0 spiro atoms. The zero-order chi connectivity index (χ0) is 20.0. The van der Waals surface area contributed by atoms with Gasteiger partial charge < -0.3 is 14.6 Å². The van der Waals surface area contributed by atoms with Gasteiger partial charge in [0.05, 0.1) is 18.9 Å². The van der Waals surface area contributed by atoms with Crippen molar-refractivity contribution in [3.8, 4) is 0 Å². The number of ether oxygens (including phenoxy) is 2. The van der Waals surface area contributed by atoms with E-state index in [2.05, 4.69) is 22.0 Å². The van der Waals surface area contributed by atoms with Crippen LogP contribution in [-0.2, 0) is 22.3 Å². The molecule has 8 heteroatoms. The highest BCUT2D eigenvalue weighted by atomic mass is 16.8. The molecule has 2 aliphatic rings. The first-order chi connectivity index (χ1) is 13.6. The number of unbranched alkanes of at least 4 members (excludes halogenated alkanes) is 2. The average molecular weight is 388 g/mol. The first-order valence-electron chi connectivity index (χ1n) is 9.93. The van der Waals surface area contributed by atoms with Gasteiger partial charge in [-0.05, 0) is 44.6 Å². The molecule has 2 aromatic rings. The van der Waals surface area contributed by atoms with Gasteiger partial charge in [0.15, 0.2) is 6.29 Å². The lowest BCUT2D eigenvalue weighted by atomic mass is 9.98. The number of hydrogen-bond donors (Lipinski definition) is 1. The standard InChI is InChI=1S/C10H10N4O.C10H18O3/c15-6-9-12-10-11-5-7-3-1-2-4-8(7)14(10)13-9;1-3-4-5-6-9(2)10(11)12-7-8-13-10/h5-6H,1-4H2;6,11H,3-5,7-8H2,1-2H3. The minimum absolute atomic E-state index is 0.210. The van der Waals surface area contributed by atoms with Crippen LogP contribution in [0.15, 0.2) is 17.8 Å². The van der Waals surface area contributed by atoms with Crippen LogP contribution in [0, 0.1) is 0 Å². The largest absolute Gasteiger partial charge is 0.340 e. The van der Waals surface area contributed by atoms with Crippen LogP contribution in [0.1, 0.15) is 67.8 Å². The Bertz CT molecular complexity index is 840. The molecule has 0 radical (unpaired) electrons. The molecule has 1 aliphatic carbocycles. The number of aldehydes is 1. The van der Waals surface area contributed by atoms with Crippen molar-refractivity contribution in [3.63, 3.8) is 0 Å². The summed E-state index contributed by atoms with van der Waals surface area (Å²) < 4.78 is 11.9. The van der Waals surface area contributed by atoms with Crippen LogP contribution in [0.3, 0.4) is 0 Å². The Morgan fingerprint density at radius 1 is 1.32 bits per heavy atom. The number of nitrogens with zero attached hydrogens (tertiary/aromatic N) is 4. The first kappa shape index (κ1) is 20.6. The molecule has 3 heterocycles. The fraction of sp³-hybridized carbons (Fsp3) is 0.600. The van der Waals surface area contributed by atoms with Crippen molar-refractivity contribution >= 4 is 12.1 Å². The summed E-state index contributed by atoms with van der Waals surface area (Å²) >= 11 is 0. The van der Waals surface area contributed by atoms with Crippen molar-refractivity contribution in [2.45, 2.75) is 64.8 Å². The molecule has 0 atom stereocenters. The van der Waals surface area contributed by atoms with E-state index >= 15 is 0 Å². The summed E-state index contributed by atoms with van der Waals surface area (Å²) in [4.78, 5) is 18.8. The summed E-state index contributed by atoms with van der Waals surface area (Å²) in [6, 6.07) is 0. The number of hydrogen-bond acceptors (Lipinski definition) is 7. The number of aliphatic hydroxyl groups is 1. The van der Waals surface area contributed by atoms with E-state index < -0.39 is 5.97 Å². The van der Waals surface area contributed by atoms with Crippen molar-refractivity contribution in [1.82, 2.24) is 19.6 Å². The number of carbonyl (C=O) groups is 1. The normalized spacial score (nSPS) is 18.5. The SMILES string of the molecule is CCCCC=C(C)C1(O)OCCO1.O=Cc1nc2ncc3c(n2n1)CCCC3. The highest BCUT2D eigenvalue weighted by Crippen LogP contribution is 2.25. The molecule has 2 aromatic heterocycles. The van der Waals surface area contributed by atoms with Crippen LogP contribution in [0.25, 0.3) is 5.78 Å². The summed E-state index contributed by atoms with van der Waals surface area (Å²) in [5.74, 6) is -0.701. The molecule has 152 valence electrons. The maximum Gasteiger partial charge on any atom is 0.305 e. The predicted molar refractivity (Wildman–Crippen MR) is 103 cm³/mol. The number of carbonyl (C=O) groups excluding carboxylic acids is 1. The zero-order valence-electron chi connectivity index (χ0n) is 16.6. The van der Waals surface area contributed by atoms with Crippen molar-refractivity contribution in [2.75, 3.05) is 13.2 Å². The van der Waals surface area contributed by atoms with Gasteiger partial charge in [0.25, 0.3) is 5.78 Å². The lowest BCUT2D eigenvalue weighted by molar-refractivity contribution is -0.276. The molecule has 0 aromatic carbocycles. The van der Waals surface area contributed by atoms with E-state index in [9.17, 15) is 9.90 Å². The Morgan fingerprint density at radius 3 is 2.79 bits per heavy atom. The molecule has 1 saturated heterocycles. The maximum absolute atomic E-state index is 10.6. The van der Waals surface area contributed by atoms with Gasteiger partial charge in [-0.15, -0.1) is 5.10 Å². The van der Waals surface area contributed by atoms with Gasteiger partial charge in [0, 0.05) is 11.8 Å².